The van der Waals surface area contributed by atoms with E-state index in [2.05, 4.69) is 5.23 Å². The van der Waals surface area contributed by atoms with E-state index in [-0.39, 0.29) is 5.70 Å². The number of halogens is 1. The van der Waals surface area contributed by atoms with Crippen LogP contribution in [0.25, 0.3) is 6.08 Å². The molecule has 5 heteroatoms. The van der Waals surface area contributed by atoms with Gasteiger partial charge in [0.05, 0.1) is 5.70 Å². The molecule has 2 aliphatic heterocycles. The van der Waals surface area contributed by atoms with Crippen molar-refractivity contribution in [1.82, 2.24) is 5.23 Å². The van der Waals surface area contributed by atoms with Crippen molar-refractivity contribution >= 4 is 19.0 Å². The Morgan fingerprint density at radius 2 is 2.12 bits per heavy atom. The maximum absolute atomic E-state index is 13.8. The maximum atomic E-state index is 13.8. The number of para-hydroxylation sites is 1. The lowest BCUT2D eigenvalue weighted by atomic mass is 9.97. The zero-order valence-corrected chi connectivity index (χ0v) is 8.31. The van der Waals surface area contributed by atoms with E-state index < -0.39 is 7.26 Å². The molecule has 2 heterocycles. The van der Waals surface area contributed by atoms with Gasteiger partial charge in [0.25, 0.3) is 0 Å². The molecule has 0 aromatic heterocycles. The van der Waals surface area contributed by atoms with E-state index in [0.717, 1.165) is 11.3 Å². The molecule has 0 radical (unpaired) electrons. The fourth-order valence-corrected chi connectivity index (χ4v) is 2.02. The highest BCUT2D eigenvalue weighted by atomic mass is 19.1. The number of nitrogens with one attached hydrogen (secondary N) is 1. The largest absolute Gasteiger partial charge is 0.590 e. The monoisotopic (exact) mass is 211 g/mol. The molecule has 0 fully saturated rings. The number of rotatable bonds is 0. The van der Waals surface area contributed by atoms with E-state index in [1.165, 1.54) is 4.81 Å². The summed E-state index contributed by atoms with van der Waals surface area (Å²) in [6.07, 6.45) is 3.64. The molecule has 1 aromatic rings. The summed E-state index contributed by atoms with van der Waals surface area (Å²) in [5.41, 5.74) is 2.60. The molecule has 16 heavy (non-hydrogen) atoms. The molecule has 0 amide bonds. The van der Waals surface area contributed by atoms with Gasteiger partial charge in [-0.05, 0) is 17.7 Å². The summed E-state index contributed by atoms with van der Waals surface area (Å²) < 4.78 is 13.8. The summed E-state index contributed by atoms with van der Waals surface area (Å²) in [4.78, 5) is 1.49. The number of fused-ring (bicyclic) bond motifs is 3. The first-order chi connectivity index (χ1) is 7.81. The molecule has 2 aliphatic rings. The summed E-state index contributed by atoms with van der Waals surface area (Å²) in [6, 6.07) is 9.47. The smallest absolute Gasteiger partial charge is 0.369 e. The predicted octanol–water partition coefficient (Wildman–Crippen LogP) is 1.81. The van der Waals surface area contributed by atoms with Gasteiger partial charge in [0.15, 0.2) is 0 Å². The van der Waals surface area contributed by atoms with Crippen molar-refractivity contribution in [2.75, 3.05) is 4.81 Å². The van der Waals surface area contributed by atoms with Crippen LogP contribution < -0.4 is 10.0 Å². The lowest BCUT2D eigenvalue weighted by molar-refractivity contribution is 0.799. The molecule has 0 unspecified atom stereocenters. The second-order valence-electron chi connectivity index (χ2n) is 3.61. The second kappa shape index (κ2) is 3.14. The van der Waals surface area contributed by atoms with Crippen LogP contribution in [0.5, 0.6) is 0 Å². The molecule has 1 N–H and O–H groups in total. The molecule has 0 saturated heterocycles. The van der Waals surface area contributed by atoms with Crippen molar-refractivity contribution < 1.29 is 4.32 Å². The molecule has 76 valence electrons. The lowest BCUT2D eigenvalue weighted by Gasteiger charge is -2.25. The summed E-state index contributed by atoms with van der Waals surface area (Å²) in [7, 11) is -1.37. The van der Waals surface area contributed by atoms with Crippen LogP contribution in [-0.4, -0.2) is 7.26 Å². The first-order valence-electron chi connectivity index (χ1n) is 4.92. The van der Waals surface area contributed by atoms with Gasteiger partial charge >= 0.3 is 7.26 Å². The van der Waals surface area contributed by atoms with Crippen LogP contribution >= 0.6 is 0 Å². The fraction of sp³-hybridized carbons (Fsp3) is 0. The predicted molar refractivity (Wildman–Crippen MR) is 60.6 cm³/mol. The first-order valence-corrected chi connectivity index (χ1v) is 4.92. The van der Waals surface area contributed by atoms with E-state index >= 15 is 0 Å². The highest BCUT2D eigenvalue weighted by Crippen LogP contribution is 2.35. The Labute approximate surface area is 92.7 Å². The summed E-state index contributed by atoms with van der Waals surface area (Å²) in [6.45, 7) is 0. The second-order valence-corrected chi connectivity index (χ2v) is 3.61. The third kappa shape index (κ3) is 1.07. The molecule has 0 spiro atoms. The molecule has 0 atom stereocenters. The number of allylic oxidation sites excluding steroid dienone is 2. The van der Waals surface area contributed by atoms with Crippen molar-refractivity contribution in [1.29, 1.82) is 5.26 Å². The van der Waals surface area contributed by atoms with Crippen molar-refractivity contribution in [3.63, 3.8) is 0 Å². The Morgan fingerprint density at radius 3 is 2.94 bits per heavy atom. The Morgan fingerprint density at radius 1 is 1.31 bits per heavy atom. The molecule has 0 bridgehead atoms. The van der Waals surface area contributed by atoms with E-state index in [1.807, 2.05) is 36.4 Å². The number of anilines is 1. The van der Waals surface area contributed by atoms with Crippen LogP contribution in [0.1, 0.15) is 5.56 Å². The van der Waals surface area contributed by atoms with Crippen LogP contribution in [0.15, 0.2) is 41.7 Å². The SMILES string of the molecule is N#CC1=C2C=Cc3ccccc3N2B(F)N1. The van der Waals surface area contributed by atoms with Crippen LogP contribution in [0.3, 0.4) is 0 Å². The number of hydrogen-bond acceptors (Lipinski definition) is 3. The molecule has 3 rings (SSSR count). The minimum Gasteiger partial charge on any atom is -0.369 e. The van der Waals surface area contributed by atoms with Crippen LogP contribution in [0, 0.1) is 11.3 Å². The van der Waals surface area contributed by atoms with Crippen molar-refractivity contribution in [2.45, 2.75) is 0 Å². The third-order valence-electron chi connectivity index (χ3n) is 2.73. The first kappa shape index (κ1) is 9.04. The maximum Gasteiger partial charge on any atom is 0.590 e. The number of benzene rings is 1. The van der Waals surface area contributed by atoms with Gasteiger partial charge < -0.3 is 10.0 Å². The fourth-order valence-electron chi connectivity index (χ4n) is 2.02. The number of hydrogen-bond donors (Lipinski definition) is 1. The molecule has 0 aliphatic carbocycles. The third-order valence-corrected chi connectivity index (χ3v) is 2.73. The molecular formula is C11H7BFN3. The van der Waals surface area contributed by atoms with Crippen LogP contribution in [0.4, 0.5) is 10.0 Å². The average Bonchev–Trinajstić information content (AvgIpc) is 2.66. The molecule has 0 saturated carbocycles. The minimum absolute atomic E-state index is 0.276. The van der Waals surface area contributed by atoms with E-state index in [9.17, 15) is 4.32 Å². The molecule has 1 aromatic carbocycles. The number of nitriles is 1. The van der Waals surface area contributed by atoms with Gasteiger partial charge in [-0.25, -0.2) is 0 Å². The van der Waals surface area contributed by atoms with E-state index in [1.54, 1.807) is 6.08 Å². The highest BCUT2D eigenvalue weighted by molar-refractivity contribution is 6.56. The quantitative estimate of drug-likeness (QED) is 0.665. The van der Waals surface area contributed by atoms with Crippen molar-refractivity contribution in [2.24, 2.45) is 0 Å². The molecule has 3 nitrogen and oxygen atoms in total. The van der Waals surface area contributed by atoms with E-state index in [0.29, 0.717) is 5.70 Å². The van der Waals surface area contributed by atoms with Crippen LogP contribution in [0.2, 0.25) is 0 Å². The van der Waals surface area contributed by atoms with Gasteiger partial charge in [-0.3, -0.25) is 4.32 Å². The van der Waals surface area contributed by atoms with Crippen LogP contribution in [-0.2, 0) is 0 Å². The van der Waals surface area contributed by atoms with Gasteiger partial charge in [0.2, 0.25) is 0 Å². The van der Waals surface area contributed by atoms with Crippen molar-refractivity contribution in [3.8, 4) is 6.07 Å². The Balaban J connectivity index is 2.21. The van der Waals surface area contributed by atoms with E-state index in [4.69, 9.17) is 5.26 Å². The van der Waals surface area contributed by atoms with Gasteiger partial charge in [0.1, 0.15) is 11.8 Å². The Hall–Kier alpha value is -2.22. The zero-order valence-electron chi connectivity index (χ0n) is 8.31. The van der Waals surface area contributed by atoms with Gasteiger partial charge in [-0.1, -0.05) is 24.3 Å². The van der Waals surface area contributed by atoms with Gasteiger partial charge in [-0.15, -0.1) is 0 Å². The average molecular weight is 211 g/mol. The summed E-state index contributed by atoms with van der Waals surface area (Å²) in [5, 5.41) is 11.4. The zero-order chi connectivity index (χ0) is 11.1. The Bertz CT molecular complexity index is 559. The molecular weight excluding hydrogens is 204 g/mol. The standard InChI is InChI=1S/C11H7BFN3/c13-12-15-9(7-14)11-6-5-8-3-1-2-4-10(8)16(11)12/h1-6,15H. The summed E-state index contributed by atoms with van der Waals surface area (Å²) >= 11 is 0. The minimum atomic E-state index is -1.37. The number of nitrogens with zero attached hydrogens (tertiary/aromatic N) is 2. The summed E-state index contributed by atoms with van der Waals surface area (Å²) in [5.74, 6) is 0. The topological polar surface area (TPSA) is 39.1 Å². The highest BCUT2D eigenvalue weighted by Gasteiger charge is 2.39. The lowest BCUT2D eigenvalue weighted by Crippen LogP contribution is -2.39. The van der Waals surface area contributed by atoms with Gasteiger partial charge in [-0.2, -0.15) is 5.26 Å². The Kier molecular flexibility index (Phi) is 1.77. The van der Waals surface area contributed by atoms with Crippen molar-refractivity contribution in [3.05, 3.63) is 47.3 Å². The van der Waals surface area contributed by atoms with Gasteiger partial charge in [0, 0.05) is 5.69 Å². The normalized spacial score (nSPS) is 16.8.